The summed E-state index contributed by atoms with van der Waals surface area (Å²) in [7, 11) is 1.05. The van der Waals surface area contributed by atoms with Crippen LogP contribution in [0.2, 0.25) is 0 Å². The number of imidazole rings is 1. The van der Waals surface area contributed by atoms with Crippen LogP contribution in [0.1, 0.15) is 0 Å². The summed E-state index contributed by atoms with van der Waals surface area (Å²) in [6.45, 7) is 0. The molecule has 0 saturated carbocycles. The monoisotopic (exact) mass is 263 g/mol. The number of carbonyl (C=O) groups is 1. The van der Waals surface area contributed by atoms with Crippen molar-refractivity contribution in [3.05, 3.63) is 23.3 Å². The molecule has 5 nitrogen and oxygen atoms in total. The van der Waals surface area contributed by atoms with E-state index in [0.717, 1.165) is 7.11 Å². The Morgan fingerprint density at radius 3 is 2.39 bits per heavy atom. The quantitative estimate of drug-likeness (QED) is 0.471. The molecule has 0 aliphatic carbocycles. The lowest BCUT2D eigenvalue weighted by molar-refractivity contribution is 0.186. The largest absolute Gasteiger partial charge is 0.453 e. The summed E-state index contributed by atoms with van der Waals surface area (Å²) in [4.78, 5) is 16.3. The van der Waals surface area contributed by atoms with E-state index in [1.807, 2.05) is 5.32 Å². The first kappa shape index (κ1) is 12.1. The van der Waals surface area contributed by atoms with Crippen molar-refractivity contribution in [3.8, 4) is 0 Å². The topological polar surface area (TPSA) is 67.0 Å². The molecule has 0 saturated heterocycles. The summed E-state index contributed by atoms with van der Waals surface area (Å²) >= 11 is 0. The van der Waals surface area contributed by atoms with Crippen molar-refractivity contribution >= 4 is 23.1 Å². The standard InChI is InChI=1S/C9H5F4N3O2/c1-18-9(17)16-8-14-6-4(12)2(10)3(11)5(13)7(6)15-8/h1H3,(H2,14,15,16,17). The average molecular weight is 263 g/mol. The van der Waals surface area contributed by atoms with Gasteiger partial charge in [-0.05, 0) is 0 Å². The lowest BCUT2D eigenvalue weighted by atomic mass is 10.2. The number of nitrogens with zero attached hydrogens (tertiary/aromatic N) is 1. The molecule has 0 fully saturated rings. The van der Waals surface area contributed by atoms with Crippen molar-refractivity contribution in [3.63, 3.8) is 0 Å². The summed E-state index contributed by atoms with van der Waals surface area (Å²) in [5, 5.41) is 1.97. The number of nitrogens with one attached hydrogen (secondary N) is 2. The molecule has 1 heterocycles. The van der Waals surface area contributed by atoms with Gasteiger partial charge in [0.25, 0.3) is 0 Å². The summed E-state index contributed by atoms with van der Waals surface area (Å²) in [5.74, 6) is -7.63. The van der Waals surface area contributed by atoms with Gasteiger partial charge in [0.05, 0.1) is 7.11 Å². The summed E-state index contributed by atoms with van der Waals surface area (Å²) in [5.41, 5.74) is -1.46. The van der Waals surface area contributed by atoms with Crippen LogP contribution in [-0.4, -0.2) is 23.2 Å². The molecule has 9 heteroatoms. The van der Waals surface area contributed by atoms with Crippen molar-refractivity contribution in [2.75, 3.05) is 12.4 Å². The Bertz CT molecular complexity index is 596. The van der Waals surface area contributed by atoms with Gasteiger partial charge in [0.1, 0.15) is 11.0 Å². The molecular weight excluding hydrogens is 258 g/mol. The first-order valence-corrected chi connectivity index (χ1v) is 4.52. The zero-order valence-electron chi connectivity index (χ0n) is 8.78. The first-order chi connectivity index (χ1) is 8.45. The summed E-state index contributed by atoms with van der Waals surface area (Å²) < 4.78 is 56.6. The number of anilines is 1. The zero-order chi connectivity index (χ0) is 13.4. The van der Waals surface area contributed by atoms with Gasteiger partial charge in [-0.1, -0.05) is 0 Å². The van der Waals surface area contributed by atoms with E-state index in [9.17, 15) is 22.4 Å². The fraction of sp³-hybridized carbons (Fsp3) is 0.111. The molecule has 0 aliphatic rings. The highest BCUT2D eigenvalue weighted by Gasteiger charge is 2.23. The van der Waals surface area contributed by atoms with Gasteiger partial charge < -0.3 is 9.72 Å². The summed E-state index contributed by atoms with van der Waals surface area (Å²) in [6.07, 6.45) is -0.962. The number of amides is 1. The molecule has 18 heavy (non-hydrogen) atoms. The summed E-state index contributed by atoms with van der Waals surface area (Å²) in [6, 6.07) is 0. The number of ether oxygens (including phenoxy) is 1. The third kappa shape index (κ3) is 1.73. The minimum Gasteiger partial charge on any atom is -0.453 e. The van der Waals surface area contributed by atoms with Gasteiger partial charge in [-0.15, -0.1) is 0 Å². The number of hydrogen-bond donors (Lipinski definition) is 2. The van der Waals surface area contributed by atoms with Crippen LogP contribution in [0, 0.1) is 23.3 Å². The zero-order valence-corrected chi connectivity index (χ0v) is 8.78. The van der Waals surface area contributed by atoms with Crippen LogP contribution >= 0.6 is 0 Å². The predicted octanol–water partition coefficient (Wildman–Crippen LogP) is 2.30. The molecule has 0 unspecified atom stereocenters. The fourth-order valence-electron chi connectivity index (χ4n) is 1.30. The molecular formula is C9H5F4N3O2. The molecule has 1 amide bonds. The lowest BCUT2D eigenvalue weighted by Crippen LogP contribution is -2.11. The van der Waals surface area contributed by atoms with E-state index >= 15 is 0 Å². The minimum absolute atomic E-state index is 0.403. The number of carbonyl (C=O) groups excluding carboxylic acids is 1. The lowest BCUT2D eigenvalue weighted by Gasteiger charge is -1.97. The van der Waals surface area contributed by atoms with E-state index in [-0.39, 0.29) is 0 Å². The van der Waals surface area contributed by atoms with Crippen LogP contribution in [0.15, 0.2) is 0 Å². The van der Waals surface area contributed by atoms with Crippen LogP contribution in [0.25, 0.3) is 11.0 Å². The van der Waals surface area contributed by atoms with Crippen LogP contribution in [0.4, 0.5) is 28.3 Å². The van der Waals surface area contributed by atoms with Crippen molar-refractivity contribution < 1.29 is 27.1 Å². The second-order valence-electron chi connectivity index (χ2n) is 3.18. The Kier molecular flexibility index (Phi) is 2.81. The van der Waals surface area contributed by atoms with E-state index in [2.05, 4.69) is 14.7 Å². The van der Waals surface area contributed by atoms with E-state index in [1.54, 1.807) is 0 Å². The van der Waals surface area contributed by atoms with Crippen LogP contribution in [0.5, 0.6) is 0 Å². The Morgan fingerprint density at radius 2 is 1.78 bits per heavy atom. The van der Waals surface area contributed by atoms with E-state index in [1.165, 1.54) is 0 Å². The highest BCUT2D eigenvalue weighted by molar-refractivity contribution is 5.86. The van der Waals surface area contributed by atoms with Crippen LogP contribution in [0.3, 0.4) is 0 Å². The van der Waals surface area contributed by atoms with Gasteiger partial charge in [-0.2, -0.15) is 0 Å². The molecule has 0 atom stereocenters. The van der Waals surface area contributed by atoms with E-state index in [0.29, 0.717) is 0 Å². The SMILES string of the molecule is COC(=O)Nc1nc2c(F)c(F)c(F)c(F)c2[nH]1. The number of rotatable bonds is 1. The smallest absolute Gasteiger partial charge is 0.413 e. The van der Waals surface area contributed by atoms with Gasteiger partial charge in [0.2, 0.25) is 5.95 Å². The van der Waals surface area contributed by atoms with Crippen LogP contribution in [-0.2, 0) is 4.74 Å². The molecule has 0 radical (unpaired) electrons. The average Bonchev–Trinajstić information content (AvgIpc) is 2.77. The molecule has 0 bridgehead atoms. The Hall–Kier alpha value is -2.32. The number of H-pyrrole nitrogens is 1. The maximum absolute atomic E-state index is 13.3. The first-order valence-electron chi connectivity index (χ1n) is 4.52. The van der Waals surface area contributed by atoms with Crippen molar-refractivity contribution in [2.45, 2.75) is 0 Å². The van der Waals surface area contributed by atoms with Crippen LogP contribution < -0.4 is 5.32 Å². The van der Waals surface area contributed by atoms with Crippen molar-refractivity contribution in [1.82, 2.24) is 9.97 Å². The normalized spacial score (nSPS) is 10.7. The highest BCUT2D eigenvalue weighted by atomic mass is 19.2. The number of methoxy groups -OCH3 is 1. The third-order valence-corrected chi connectivity index (χ3v) is 2.12. The Balaban J connectivity index is 2.61. The van der Waals surface area contributed by atoms with Gasteiger partial charge in [0, 0.05) is 0 Å². The van der Waals surface area contributed by atoms with Gasteiger partial charge in [0.15, 0.2) is 23.3 Å². The fourth-order valence-corrected chi connectivity index (χ4v) is 1.30. The molecule has 1 aromatic heterocycles. The molecule has 96 valence electrons. The van der Waals surface area contributed by atoms with Crippen molar-refractivity contribution in [2.24, 2.45) is 0 Å². The molecule has 2 N–H and O–H groups in total. The number of benzene rings is 1. The molecule has 0 spiro atoms. The second-order valence-corrected chi connectivity index (χ2v) is 3.18. The number of aromatic amines is 1. The minimum atomic E-state index is -1.98. The number of hydrogen-bond acceptors (Lipinski definition) is 3. The van der Waals surface area contributed by atoms with Gasteiger partial charge in [-0.3, -0.25) is 5.32 Å². The maximum Gasteiger partial charge on any atom is 0.413 e. The molecule has 2 aromatic rings. The van der Waals surface area contributed by atoms with Gasteiger partial charge >= 0.3 is 6.09 Å². The van der Waals surface area contributed by atoms with E-state index in [4.69, 9.17) is 0 Å². The maximum atomic E-state index is 13.3. The molecule has 0 aliphatic heterocycles. The molecule has 2 rings (SSSR count). The van der Waals surface area contributed by atoms with E-state index < -0.39 is 46.3 Å². The Morgan fingerprint density at radius 1 is 1.17 bits per heavy atom. The number of halogens is 4. The van der Waals surface area contributed by atoms with Gasteiger partial charge in [-0.25, -0.2) is 27.3 Å². The highest BCUT2D eigenvalue weighted by Crippen LogP contribution is 2.26. The Labute approximate surface area is 96.8 Å². The third-order valence-electron chi connectivity index (χ3n) is 2.12. The second kappa shape index (κ2) is 4.17. The molecule has 1 aromatic carbocycles. The predicted molar refractivity (Wildman–Crippen MR) is 52.0 cm³/mol. The van der Waals surface area contributed by atoms with Crippen molar-refractivity contribution in [1.29, 1.82) is 0 Å². The number of aromatic nitrogens is 2. The number of fused-ring (bicyclic) bond motifs is 1.